The average Bonchev–Trinajstić information content (AvgIpc) is 2.47. The fraction of sp³-hybridized carbons (Fsp3) is 0.462. The number of nitrogens with two attached hydrogens (primary N) is 1. The molecular formula is C13H18N4O4. The van der Waals surface area contributed by atoms with E-state index in [9.17, 15) is 14.9 Å². The summed E-state index contributed by atoms with van der Waals surface area (Å²) < 4.78 is 0. The Balaban J connectivity index is 2.04. The quantitative estimate of drug-likeness (QED) is 0.456. The van der Waals surface area contributed by atoms with Gasteiger partial charge in [0, 0.05) is 44.4 Å². The van der Waals surface area contributed by atoms with E-state index in [0.717, 1.165) is 0 Å². The molecule has 1 aromatic carbocycles. The minimum atomic E-state index is -0.572. The Morgan fingerprint density at radius 3 is 2.52 bits per heavy atom. The van der Waals surface area contributed by atoms with E-state index in [1.54, 1.807) is 4.90 Å². The van der Waals surface area contributed by atoms with E-state index in [2.05, 4.69) is 4.90 Å². The van der Waals surface area contributed by atoms with Gasteiger partial charge in [0.2, 0.25) is 0 Å². The third-order valence-electron chi connectivity index (χ3n) is 3.55. The number of anilines is 1. The number of carbonyl (C=O) groups excluding carboxylic acids is 1. The SMILES string of the molecule is Nc1cc(C(=O)N2CCN(CCO)CC2)ccc1[N+](=O)[O-]. The molecular weight excluding hydrogens is 276 g/mol. The molecule has 21 heavy (non-hydrogen) atoms. The first-order valence-electron chi connectivity index (χ1n) is 6.69. The third-order valence-corrected chi connectivity index (χ3v) is 3.55. The fourth-order valence-corrected chi connectivity index (χ4v) is 2.35. The van der Waals surface area contributed by atoms with Crippen molar-refractivity contribution < 1.29 is 14.8 Å². The van der Waals surface area contributed by atoms with E-state index < -0.39 is 4.92 Å². The summed E-state index contributed by atoms with van der Waals surface area (Å²) >= 11 is 0. The molecule has 3 N–H and O–H groups in total. The molecule has 0 spiro atoms. The van der Waals surface area contributed by atoms with Crippen molar-refractivity contribution in [3.63, 3.8) is 0 Å². The highest BCUT2D eigenvalue weighted by atomic mass is 16.6. The predicted octanol–water partition coefficient (Wildman–Crippen LogP) is -0.0729. The van der Waals surface area contributed by atoms with Crippen LogP contribution in [-0.4, -0.2) is 65.1 Å². The second kappa shape index (κ2) is 6.51. The summed E-state index contributed by atoms with van der Waals surface area (Å²) in [5.41, 5.74) is 5.75. The van der Waals surface area contributed by atoms with Crippen molar-refractivity contribution in [2.24, 2.45) is 0 Å². The molecule has 1 aliphatic rings. The maximum Gasteiger partial charge on any atom is 0.292 e. The predicted molar refractivity (Wildman–Crippen MR) is 76.9 cm³/mol. The van der Waals surface area contributed by atoms with Crippen LogP contribution in [0.1, 0.15) is 10.4 Å². The number of carbonyl (C=O) groups is 1. The smallest absolute Gasteiger partial charge is 0.292 e. The number of aliphatic hydroxyl groups excluding tert-OH is 1. The van der Waals surface area contributed by atoms with Gasteiger partial charge in [0.05, 0.1) is 11.5 Å². The Bertz CT molecular complexity index is 541. The number of piperazine rings is 1. The number of benzene rings is 1. The summed E-state index contributed by atoms with van der Waals surface area (Å²) in [6, 6.07) is 4.03. The van der Waals surface area contributed by atoms with Crippen LogP contribution in [0, 0.1) is 10.1 Å². The van der Waals surface area contributed by atoms with Crippen LogP contribution in [0.4, 0.5) is 11.4 Å². The summed E-state index contributed by atoms with van der Waals surface area (Å²) in [7, 11) is 0. The van der Waals surface area contributed by atoms with Crippen molar-refractivity contribution in [1.82, 2.24) is 9.80 Å². The molecule has 0 saturated carbocycles. The van der Waals surface area contributed by atoms with Crippen LogP contribution in [0.15, 0.2) is 18.2 Å². The number of nitrogens with zero attached hydrogens (tertiary/aromatic N) is 3. The lowest BCUT2D eigenvalue weighted by Crippen LogP contribution is -2.49. The minimum Gasteiger partial charge on any atom is -0.395 e. The van der Waals surface area contributed by atoms with Crippen molar-refractivity contribution in [2.45, 2.75) is 0 Å². The van der Waals surface area contributed by atoms with Crippen molar-refractivity contribution in [3.8, 4) is 0 Å². The lowest BCUT2D eigenvalue weighted by atomic mass is 10.1. The number of hydrogen-bond donors (Lipinski definition) is 2. The third kappa shape index (κ3) is 3.47. The molecule has 114 valence electrons. The highest BCUT2D eigenvalue weighted by Gasteiger charge is 2.23. The van der Waals surface area contributed by atoms with Crippen molar-refractivity contribution >= 4 is 17.3 Å². The Labute approximate surface area is 121 Å². The normalized spacial score (nSPS) is 16.0. The van der Waals surface area contributed by atoms with Crippen molar-refractivity contribution in [1.29, 1.82) is 0 Å². The van der Waals surface area contributed by atoms with Crippen molar-refractivity contribution in [2.75, 3.05) is 45.1 Å². The van der Waals surface area contributed by atoms with Gasteiger partial charge in [-0.1, -0.05) is 0 Å². The van der Waals surface area contributed by atoms with Crippen LogP contribution in [0.3, 0.4) is 0 Å². The standard InChI is InChI=1S/C13H18N4O4/c14-11-9-10(1-2-12(11)17(20)21)13(19)16-5-3-15(4-6-16)7-8-18/h1-2,9,18H,3-8,14H2. The zero-order chi connectivity index (χ0) is 15.4. The molecule has 1 aromatic rings. The maximum absolute atomic E-state index is 12.3. The summed E-state index contributed by atoms with van der Waals surface area (Å²) in [5, 5.41) is 19.6. The molecule has 1 saturated heterocycles. The van der Waals surface area contributed by atoms with Gasteiger partial charge in [-0.3, -0.25) is 19.8 Å². The molecule has 0 aliphatic carbocycles. The first-order valence-corrected chi connectivity index (χ1v) is 6.69. The summed E-state index contributed by atoms with van der Waals surface area (Å²) in [5.74, 6) is -0.180. The van der Waals surface area contributed by atoms with E-state index in [1.165, 1.54) is 18.2 Å². The maximum atomic E-state index is 12.3. The molecule has 8 heteroatoms. The molecule has 0 atom stereocenters. The van der Waals surface area contributed by atoms with Crippen LogP contribution < -0.4 is 5.73 Å². The second-order valence-electron chi connectivity index (χ2n) is 4.89. The van der Waals surface area contributed by atoms with Gasteiger partial charge in [0.1, 0.15) is 5.69 Å². The number of nitro benzene ring substituents is 1. The van der Waals surface area contributed by atoms with Gasteiger partial charge in [-0.15, -0.1) is 0 Å². The first-order chi connectivity index (χ1) is 10.0. The lowest BCUT2D eigenvalue weighted by Gasteiger charge is -2.34. The van der Waals surface area contributed by atoms with Gasteiger partial charge >= 0.3 is 0 Å². The van der Waals surface area contributed by atoms with E-state index in [1.807, 2.05) is 0 Å². The van der Waals surface area contributed by atoms with E-state index in [4.69, 9.17) is 10.8 Å². The van der Waals surface area contributed by atoms with Crippen LogP contribution in [0.2, 0.25) is 0 Å². The Hall–Kier alpha value is -2.19. The number of amides is 1. The number of rotatable bonds is 4. The summed E-state index contributed by atoms with van der Waals surface area (Å²) in [6.07, 6.45) is 0. The molecule has 0 radical (unpaired) electrons. The lowest BCUT2D eigenvalue weighted by molar-refractivity contribution is -0.383. The minimum absolute atomic E-state index is 0.00948. The highest BCUT2D eigenvalue weighted by Crippen LogP contribution is 2.23. The zero-order valence-corrected chi connectivity index (χ0v) is 11.6. The zero-order valence-electron chi connectivity index (χ0n) is 11.6. The number of β-amino-alcohol motifs (C(OH)–C–C–N with tert-alkyl or cyclic N) is 1. The Morgan fingerprint density at radius 1 is 1.33 bits per heavy atom. The molecule has 0 bridgehead atoms. The molecule has 1 heterocycles. The molecule has 1 amide bonds. The van der Waals surface area contributed by atoms with Gasteiger partial charge in [0.25, 0.3) is 11.6 Å². The number of aliphatic hydroxyl groups is 1. The second-order valence-corrected chi connectivity index (χ2v) is 4.89. The molecule has 0 unspecified atom stereocenters. The van der Waals surface area contributed by atoms with Gasteiger partial charge < -0.3 is 15.7 Å². The van der Waals surface area contributed by atoms with E-state index >= 15 is 0 Å². The largest absolute Gasteiger partial charge is 0.395 e. The molecule has 1 fully saturated rings. The van der Waals surface area contributed by atoms with Crippen LogP contribution in [0.5, 0.6) is 0 Å². The fourth-order valence-electron chi connectivity index (χ4n) is 2.35. The van der Waals surface area contributed by atoms with Crippen LogP contribution in [0.25, 0.3) is 0 Å². The van der Waals surface area contributed by atoms with Crippen LogP contribution >= 0.6 is 0 Å². The first kappa shape index (κ1) is 15.2. The highest BCUT2D eigenvalue weighted by molar-refractivity contribution is 5.95. The monoisotopic (exact) mass is 294 g/mol. The summed E-state index contributed by atoms with van der Waals surface area (Å²) in [4.78, 5) is 26.2. The average molecular weight is 294 g/mol. The van der Waals surface area contributed by atoms with E-state index in [-0.39, 0.29) is 23.9 Å². The molecule has 8 nitrogen and oxygen atoms in total. The van der Waals surface area contributed by atoms with Gasteiger partial charge in [-0.25, -0.2) is 0 Å². The summed E-state index contributed by atoms with van der Waals surface area (Å²) in [6.45, 7) is 3.24. The van der Waals surface area contributed by atoms with Gasteiger partial charge in [-0.2, -0.15) is 0 Å². The molecule has 0 aromatic heterocycles. The van der Waals surface area contributed by atoms with Gasteiger partial charge in [-0.05, 0) is 12.1 Å². The number of nitro groups is 1. The number of hydrogen-bond acceptors (Lipinski definition) is 6. The molecule has 1 aliphatic heterocycles. The molecule has 2 rings (SSSR count). The number of nitrogen functional groups attached to an aromatic ring is 1. The van der Waals surface area contributed by atoms with Gasteiger partial charge in [0.15, 0.2) is 0 Å². The Morgan fingerprint density at radius 2 is 2.00 bits per heavy atom. The Kier molecular flexibility index (Phi) is 4.71. The van der Waals surface area contributed by atoms with E-state index in [0.29, 0.717) is 38.3 Å². The topological polar surface area (TPSA) is 113 Å². The van der Waals surface area contributed by atoms with Crippen molar-refractivity contribution in [3.05, 3.63) is 33.9 Å². The van der Waals surface area contributed by atoms with Crippen LogP contribution in [-0.2, 0) is 0 Å².